The maximum absolute atomic E-state index is 13.3. The lowest BCUT2D eigenvalue weighted by atomic mass is 10.2. The molecule has 0 saturated carbocycles. The van der Waals surface area contributed by atoms with Crippen LogP contribution in [-0.2, 0) is 6.61 Å². The third kappa shape index (κ3) is 4.59. The fourth-order valence-corrected chi connectivity index (χ4v) is 3.18. The summed E-state index contributed by atoms with van der Waals surface area (Å²) in [6.45, 7) is 0.168. The van der Waals surface area contributed by atoms with Crippen LogP contribution in [0.2, 0.25) is 5.02 Å². The fourth-order valence-electron chi connectivity index (χ4n) is 2.94. The van der Waals surface area contributed by atoms with Crippen LogP contribution in [0.4, 0.5) is 15.9 Å². The lowest BCUT2D eigenvalue weighted by Gasteiger charge is -2.11. The zero-order valence-corrected chi connectivity index (χ0v) is 16.5. The van der Waals surface area contributed by atoms with Gasteiger partial charge in [0.1, 0.15) is 30.0 Å². The molecular weight excluding hydrogens is 407 g/mol. The Morgan fingerprint density at radius 3 is 2.87 bits per heavy atom. The van der Waals surface area contributed by atoms with E-state index in [0.29, 0.717) is 16.6 Å². The Bertz CT molecular complexity index is 1210. The summed E-state index contributed by atoms with van der Waals surface area (Å²) in [7, 11) is 0. The predicted octanol–water partition coefficient (Wildman–Crippen LogP) is 5.08. The van der Waals surface area contributed by atoms with Gasteiger partial charge in [-0.05, 0) is 48.0 Å². The molecule has 0 unspecified atom stereocenters. The number of nitrogens with one attached hydrogen (secondary N) is 2. The van der Waals surface area contributed by atoms with E-state index >= 15 is 0 Å². The van der Waals surface area contributed by atoms with E-state index in [4.69, 9.17) is 21.4 Å². The number of ether oxygens (including phenoxy) is 1. The smallest absolute Gasteiger partial charge is 0.158 e. The van der Waals surface area contributed by atoms with Crippen molar-refractivity contribution >= 4 is 40.2 Å². The Hall–Kier alpha value is -3.42. The molecule has 2 aromatic heterocycles. The second-order valence-corrected chi connectivity index (χ2v) is 6.89. The van der Waals surface area contributed by atoms with Crippen LogP contribution >= 0.6 is 11.6 Å². The first-order valence-electron chi connectivity index (χ1n) is 9.17. The number of fused-ring (bicyclic) bond motifs is 1. The van der Waals surface area contributed by atoms with Gasteiger partial charge in [-0.15, -0.1) is 0 Å². The van der Waals surface area contributed by atoms with E-state index in [0.717, 1.165) is 28.0 Å². The molecule has 0 spiro atoms. The van der Waals surface area contributed by atoms with Gasteiger partial charge in [0.05, 0.1) is 17.1 Å². The number of nitrogens with zero attached hydrogens (tertiary/aromatic N) is 2. The summed E-state index contributed by atoms with van der Waals surface area (Å²) in [6.07, 6.45) is 4.87. The lowest BCUT2D eigenvalue weighted by Crippen LogP contribution is -1.98. The molecule has 0 atom stereocenters. The van der Waals surface area contributed by atoms with Gasteiger partial charge >= 0.3 is 0 Å². The Labute approximate surface area is 177 Å². The molecular formula is C22H18ClFN4O2. The predicted molar refractivity (Wildman–Crippen MR) is 115 cm³/mol. The molecule has 4 rings (SSSR count). The van der Waals surface area contributed by atoms with E-state index < -0.39 is 0 Å². The maximum atomic E-state index is 13.3. The highest BCUT2D eigenvalue weighted by atomic mass is 35.5. The number of hydrogen-bond acceptors (Lipinski definition) is 5. The molecule has 0 amide bonds. The first-order chi connectivity index (χ1) is 14.6. The van der Waals surface area contributed by atoms with Gasteiger partial charge in [-0.1, -0.05) is 29.8 Å². The minimum atomic E-state index is -0.308. The molecule has 6 nitrogen and oxygen atoms in total. The number of aromatic nitrogens is 3. The number of H-pyrrole nitrogens is 1. The summed E-state index contributed by atoms with van der Waals surface area (Å²) in [5.41, 5.74) is 3.72. The molecule has 0 radical (unpaired) electrons. The van der Waals surface area contributed by atoms with Gasteiger partial charge in [0, 0.05) is 11.4 Å². The third-order valence-electron chi connectivity index (χ3n) is 4.32. The minimum absolute atomic E-state index is 0.0434. The number of halogens is 2. The van der Waals surface area contributed by atoms with Gasteiger partial charge in [-0.2, -0.15) is 0 Å². The number of benzene rings is 2. The molecule has 2 heterocycles. The number of rotatable bonds is 7. The van der Waals surface area contributed by atoms with Crippen LogP contribution in [0, 0.1) is 5.82 Å². The van der Waals surface area contributed by atoms with E-state index in [-0.39, 0.29) is 19.0 Å². The first-order valence-corrected chi connectivity index (χ1v) is 9.55. The summed E-state index contributed by atoms with van der Waals surface area (Å²) in [5.74, 6) is 0.779. The molecule has 0 bridgehead atoms. The van der Waals surface area contributed by atoms with Crippen LogP contribution in [0.1, 0.15) is 11.3 Å². The van der Waals surface area contributed by atoms with Crippen molar-refractivity contribution in [3.05, 3.63) is 83.0 Å². The number of aromatic amines is 1. The Kier molecular flexibility index (Phi) is 5.92. The molecule has 2 aromatic carbocycles. The SMILES string of the molecule is OC/C=C/c1cc2ncnc(Nc3ccc(OCc4cccc(F)c4)c(Cl)c3)c2[nH]1. The molecule has 3 N–H and O–H groups in total. The third-order valence-corrected chi connectivity index (χ3v) is 4.61. The van der Waals surface area contributed by atoms with Gasteiger partial charge in [0.2, 0.25) is 0 Å². The van der Waals surface area contributed by atoms with E-state index in [1.807, 2.05) is 12.1 Å². The number of aliphatic hydroxyl groups is 1. The topological polar surface area (TPSA) is 83.1 Å². The average molecular weight is 425 g/mol. The van der Waals surface area contributed by atoms with E-state index in [1.54, 1.807) is 36.4 Å². The highest BCUT2D eigenvalue weighted by Gasteiger charge is 2.09. The maximum Gasteiger partial charge on any atom is 0.158 e. The molecule has 4 aromatic rings. The molecule has 0 aliphatic heterocycles. The van der Waals surface area contributed by atoms with Gasteiger partial charge < -0.3 is 20.1 Å². The zero-order valence-electron chi connectivity index (χ0n) is 15.8. The van der Waals surface area contributed by atoms with E-state index in [1.165, 1.54) is 18.5 Å². The van der Waals surface area contributed by atoms with Crippen LogP contribution < -0.4 is 10.1 Å². The van der Waals surface area contributed by atoms with E-state index in [2.05, 4.69) is 20.3 Å². The van der Waals surface area contributed by atoms with Crippen LogP contribution in [0.15, 0.2) is 60.9 Å². The first kappa shape index (κ1) is 19.9. The number of aliphatic hydroxyl groups excluding tert-OH is 1. The Morgan fingerprint density at radius 1 is 1.17 bits per heavy atom. The molecule has 0 aliphatic rings. The largest absolute Gasteiger partial charge is 0.487 e. The van der Waals surface area contributed by atoms with Crippen molar-refractivity contribution in [2.75, 3.05) is 11.9 Å². The Morgan fingerprint density at radius 2 is 2.07 bits per heavy atom. The van der Waals surface area contributed by atoms with Crippen molar-refractivity contribution in [3.8, 4) is 5.75 Å². The van der Waals surface area contributed by atoms with Crippen LogP contribution in [-0.4, -0.2) is 26.7 Å². The van der Waals surface area contributed by atoms with Gasteiger partial charge in [-0.3, -0.25) is 0 Å². The van der Waals surface area contributed by atoms with Crippen molar-refractivity contribution in [2.24, 2.45) is 0 Å². The minimum Gasteiger partial charge on any atom is -0.487 e. The van der Waals surface area contributed by atoms with Crippen molar-refractivity contribution in [1.29, 1.82) is 0 Å². The molecule has 0 saturated heterocycles. The van der Waals surface area contributed by atoms with Crippen molar-refractivity contribution in [1.82, 2.24) is 15.0 Å². The molecule has 8 heteroatoms. The highest BCUT2D eigenvalue weighted by Crippen LogP contribution is 2.31. The molecule has 0 aliphatic carbocycles. The number of anilines is 2. The second-order valence-electron chi connectivity index (χ2n) is 6.48. The van der Waals surface area contributed by atoms with Crippen LogP contribution in [0.25, 0.3) is 17.1 Å². The summed E-state index contributed by atoms with van der Waals surface area (Å²) in [6, 6.07) is 13.4. The van der Waals surface area contributed by atoms with Crippen LogP contribution in [0.5, 0.6) is 5.75 Å². The molecule has 30 heavy (non-hydrogen) atoms. The van der Waals surface area contributed by atoms with Gasteiger partial charge in [0.25, 0.3) is 0 Å². The highest BCUT2D eigenvalue weighted by molar-refractivity contribution is 6.32. The fraction of sp³-hybridized carbons (Fsp3) is 0.0909. The normalized spacial score (nSPS) is 11.3. The van der Waals surface area contributed by atoms with E-state index in [9.17, 15) is 4.39 Å². The Balaban J connectivity index is 1.51. The lowest BCUT2D eigenvalue weighted by molar-refractivity contribution is 0.306. The van der Waals surface area contributed by atoms with Crippen molar-refractivity contribution in [2.45, 2.75) is 6.61 Å². The standard InChI is InChI=1S/C22H18ClFN4O2/c23-18-10-17(6-7-20(18)30-12-14-3-1-4-15(24)9-14)28-22-21-19(25-13-26-22)11-16(27-21)5-2-8-29/h1-7,9-11,13,27,29H,8,12H2,(H,25,26,28)/b5-2+. The van der Waals surface area contributed by atoms with Crippen molar-refractivity contribution in [3.63, 3.8) is 0 Å². The quantitative estimate of drug-likeness (QED) is 0.385. The number of hydrogen-bond donors (Lipinski definition) is 3. The summed E-state index contributed by atoms with van der Waals surface area (Å²) < 4.78 is 19.0. The second kappa shape index (κ2) is 8.94. The molecule has 0 fully saturated rings. The summed E-state index contributed by atoms with van der Waals surface area (Å²) in [5, 5.41) is 12.6. The van der Waals surface area contributed by atoms with Crippen LogP contribution in [0.3, 0.4) is 0 Å². The van der Waals surface area contributed by atoms with Gasteiger partial charge in [0.15, 0.2) is 5.82 Å². The van der Waals surface area contributed by atoms with Gasteiger partial charge in [-0.25, -0.2) is 14.4 Å². The molecule has 152 valence electrons. The summed E-state index contributed by atoms with van der Waals surface area (Å²) >= 11 is 6.36. The summed E-state index contributed by atoms with van der Waals surface area (Å²) in [4.78, 5) is 11.8. The monoisotopic (exact) mass is 424 g/mol. The van der Waals surface area contributed by atoms with Crippen molar-refractivity contribution < 1.29 is 14.2 Å². The average Bonchev–Trinajstić information content (AvgIpc) is 3.16. The zero-order chi connectivity index (χ0) is 20.9.